The molecule has 4 aromatic rings. The molecule has 0 aliphatic carbocycles. The summed E-state index contributed by atoms with van der Waals surface area (Å²) < 4.78 is 50.8. The van der Waals surface area contributed by atoms with Crippen LogP contribution in [0.2, 0.25) is 0 Å². The van der Waals surface area contributed by atoms with E-state index < -0.39 is 22.5 Å². The van der Waals surface area contributed by atoms with Crippen LogP contribution in [0.4, 0.5) is 11.4 Å². The monoisotopic (exact) mass is 562 g/mol. The van der Waals surface area contributed by atoms with Crippen molar-refractivity contribution in [3.8, 4) is 28.7 Å². The lowest BCUT2D eigenvalue weighted by molar-refractivity contribution is -0.114. The van der Waals surface area contributed by atoms with Crippen molar-refractivity contribution < 1.29 is 32.2 Å². The van der Waals surface area contributed by atoms with Crippen LogP contribution in [0.5, 0.6) is 28.7 Å². The third-order valence-corrected chi connectivity index (χ3v) is 7.57. The molecule has 10 heteroatoms. The standard InChI is InChI=1S/C30H30N2O7S/c1-4-38-23-16-14-22(15-17-23)32(40(34,35)25-18-19-28(36-2)29(20-25)37-3)21-30(33)31-26-12-8-9-13-27(26)39-24-10-6-5-7-11-24/h5-20H,4,21H2,1-3H3,(H,31,33). The van der Waals surface area contributed by atoms with Crippen molar-refractivity contribution in [1.29, 1.82) is 0 Å². The summed E-state index contributed by atoms with van der Waals surface area (Å²) in [5, 5.41) is 2.79. The molecule has 1 N–H and O–H groups in total. The minimum absolute atomic E-state index is 0.0698. The Kier molecular flexibility index (Phi) is 9.13. The van der Waals surface area contributed by atoms with Crippen molar-refractivity contribution in [3.05, 3.63) is 97.1 Å². The molecule has 0 saturated carbocycles. The third kappa shape index (κ3) is 6.65. The second-order valence-corrected chi connectivity index (χ2v) is 10.3. The molecule has 1 amide bonds. The highest BCUT2D eigenvalue weighted by Gasteiger charge is 2.29. The number of methoxy groups -OCH3 is 2. The van der Waals surface area contributed by atoms with Crippen LogP contribution in [0.3, 0.4) is 0 Å². The van der Waals surface area contributed by atoms with E-state index in [0.29, 0.717) is 35.3 Å². The molecule has 4 aromatic carbocycles. The maximum atomic E-state index is 13.9. The molecule has 0 spiro atoms. The number of ether oxygens (including phenoxy) is 4. The van der Waals surface area contributed by atoms with Crippen molar-refractivity contribution >= 4 is 27.3 Å². The van der Waals surface area contributed by atoms with E-state index in [-0.39, 0.29) is 16.3 Å². The average Bonchev–Trinajstić information content (AvgIpc) is 2.97. The largest absolute Gasteiger partial charge is 0.494 e. The first-order chi connectivity index (χ1) is 19.3. The zero-order chi connectivity index (χ0) is 28.5. The van der Waals surface area contributed by atoms with Gasteiger partial charge in [-0.1, -0.05) is 30.3 Å². The SMILES string of the molecule is CCOc1ccc(N(CC(=O)Nc2ccccc2Oc2ccccc2)S(=O)(=O)c2ccc(OC)c(OC)c2)cc1. The third-order valence-electron chi connectivity index (χ3n) is 5.80. The van der Waals surface area contributed by atoms with Gasteiger partial charge in [-0.2, -0.15) is 0 Å². The Morgan fingerprint density at radius 2 is 1.45 bits per heavy atom. The van der Waals surface area contributed by atoms with Crippen molar-refractivity contribution in [2.24, 2.45) is 0 Å². The van der Waals surface area contributed by atoms with Gasteiger partial charge in [0.05, 0.1) is 37.1 Å². The second-order valence-electron chi connectivity index (χ2n) is 8.41. The second kappa shape index (κ2) is 12.9. The van der Waals surface area contributed by atoms with Crippen LogP contribution in [-0.2, 0) is 14.8 Å². The Labute approximate surface area is 233 Å². The molecule has 0 unspecified atom stereocenters. The van der Waals surface area contributed by atoms with E-state index in [1.807, 2.05) is 25.1 Å². The molecule has 0 fully saturated rings. The predicted octanol–water partition coefficient (Wildman–Crippen LogP) is 5.73. The number of para-hydroxylation sites is 3. The molecular formula is C30H30N2O7S. The van der Waals surface area contributed by atoms with Gasteiger partial charge in [0.2, 0.25) is 5.91 Å². The van der Waals surface area contributed by atoms with Crippen LogP contribution < -0.4 is 28.6 Å². The van der Waals surface area contributed by atoms with Gasteiger partial charge in [-0.15, -0.1) is 0 Å². The highest BCUT2D eigenvalue weighted by atomic mass is 32.2. The van der Waals surface area contributed by atoms with Crippen molar-refractivity contribution in [1.82, 2.24) is 0 Å². The van der Waals surface area contributed by atoms with Gasteiger partial charge in [0.25, 0.3) is 10.0 Å². The van der Waals surface area contributed by atoms with E-state index in [1.165, 1.54) is 32.4 Å². The first-order valence-electron chi connectivity index (χ1n) is 12.4. The number of sulfonamides is 1. The topological polar surface area (TPSA) is 103 Å². The first-order valence-corrected chi connectivity index (χ1v) is 13.9. The molecule has 9 nitrogen and oxygen atoms in total. The molecule has 0 heterocycles. The van der Waals surface area contributed by atoms with E-state index >= 15 is 0 Å². The zero-order valence-corrected chi connectivity index (χ0v) is 23.2. The highest BCUT2D eigenvalue weighted by molar-refractivity contribution is 7.92. The van der Waals surface area contributed by atoms with Gasteiger partial charge in [0, 0.05) is 6.07 Å². The van der Waals surface area contributed by atoms with E-state index in [1.54, 1.807) is 60.7 Å². The lowest BCUT2D eigenvalue weighted by Gasteiger charge is -2.25. The van der Waals surface area contributed by atoms with Gasteiger partial charge in [-0.05, 0) is 67.6 Å². The number of hydrogen-bond donors (Lipinski definition) is 1. The summed E-state index contributed by atoms with van der Waals surface area (Å²) >= 11 is 0. The van der Waals surface area contributed by atoms with Gasteiger partial charge >= 0.3 is 0 Å². The van der Waals surface area contributed by atoms with E-state index in [2.05, 4.69) is 5.32 Å². The summed E-state index contributed by atoms with van der Waals surface area (Å²) in [7, 11) is -1.34. The Morgan fingerprint density at radius 3 is 2.12 bits per heavy atom. The van der Waals surface area contributed by atoms with Crippen molar-refractivity contribution in [2.45, 2.75) is 11.8 Å². The van der Waals surface area contributed by atoms with Crippen molar-refractivity contribution in [2.75, 3.05) is 37.0 Å². The molecule has 0 aromatic heterocycles. The summed E-state index contributed by atoms with van der Waals surface area (Å²) in [6.07, 6.45) is 0. The van der Waals surface area contributed by atoms with Crippen LogP contribution in [0.15, 0.2) is 102 Å². The smallest absolute Gasteiger partial charge is 0.264 e. The molecule has 40 heavy (non-hydrogen) atoms. The Hall–Kier alpha value is -4.70. The fourth-order valence-electron chi connectivity index (χ4n) is 3.89. The molecular weight excluding hydrogens is 532 g/mol. The molecule has 4 rings (SSSR count). The normalized spacial score (nSPS) is 10.9. The minimum atomic E-state index is -4.22. The van der Waals surface area contributed by atoms with Gasteiger partial charge in [-0.3, -0.25) is 9.10 Å². The molecule has 0 radical (unpaired) electrons. The van der Waals surface area contributed by atoms with Crippen LogP contribution in [-0.4, -0.2) is 41.7 Å². The van der Waals surface area contributed by atoms with E-state index in [0.717, 1.165) is 4.31 Å². The number of benzene rings is 4. The number of carbonyl (C=O) groups is 1. The number of rotatable bonds is 12. The fourth-order valence-corrected chi connectivity index (χ4v) is 5.33. The minimum Gasteiger partial charge on any atom is -0.494 e. The van der Waals surface area contributed by atoms with E-state index in [4.69, 9.17) is 18.9 Å². The molecule has 0 bridgehead atoms. The summed E-state index contributed by atoms with van der Waals surface area (Å²) in [5.41, 5.74) is 0.675. The lowest BCUT2D eigenvalue weighted by Crippen LogP contribution is -2.38. The summed E-state index contributed by atoms with van der Waals surface area (Å²) in [5.74, 6) is 1.63. The Balaban J connectivity index is 1.65. The Morgan fingerprint density at radius 1 is 0.775 bits per heavy atom. The lowest BCUT2D eigenvalue weighted by atomic mass is 10.2. The molecule has 0 aliphatic rings. The van der Waals surface area contributed by atoms with Crippen molar-refractivity contribution in [3.63, 3.8) is 0 Å². The van der Waals surface area contributed by atoms with Gasteiger partial charge in [-0.25, -0.2) is 8.42 Å². The maximum absolute atomic E-state index is 13.9. The van der Waals surface area contributed by atoms with Gasteiger partial charge in [0.15, 0.2) is 17.2 Å². The van der Waals surface area contributed by atoms with E-state index in [9.17, 15) is 13.2 Å². The summed E-state index contributed by atoms with van der Waals surface area (Å²) in [6.45, 7) is 1.80. The van der Waals surface area contributed by atoms with Crippen LogP contribution in [0, 0.1) is 0 Å². The fraction of sp³-hybridized carbons (Fsp3) is 0.167. The number of anilines is 2. The number of hydrogen-bond acceptors (Lipinski definition) is 7. The molecule has 0 saturated heterocycles. The quantitative estimate of drug-likeness (QED) is 0.235. The number of nitrogens with zero attached hydrogens (tertiary/aromatic N) is 1. The number of amides is 1. The number of carbonyl (C=O) groups excluding carboxylic acids is 1. The van der Waals surface area contributed by atoms with Gasteiger partial charge in [0.1, 0.15) is 18.0 Å². The molecule has 0 aliphatic heterocycles. The van der Waals surface area contributed by atoms with Crippen LogP contribution in [0.1, 0.15) is 6.92 Å². The van der Waals surface area contributed by atoms with Gasteiger partial charge < -0.3 is 24.3 Å². The molecule has 0 atom stereocenters. The predicted molar refractivity (Wildman–Crippen MR) is 153 cm³/mol. The molecule has 208 valence electrons. The summed E-state index contributed by atoms with van der Waals surface area (Å²) in [6, 6.07) is 26.8. The highest BCUT2D eigenvalue weighted by Crippen LogP contribution is 2.33. The Bertz CT molecular complexity index is 1540. The zero-order valence-electron chi connectivity index (χ0n) is 22.4. The summed E-state index contributed by atoms with van der Waals surface area (Å²) in [4.78, 5) is 13.3. The van der Waals surface area contributed by atoms with Crippen LogP contribution in [0.25, 0.3) is 0 Å². The first kappa shape index (κ1) is 28.3. The maximum Gasteiger partial charge on any atom is 0.264 e. The van der Waals surface area contributed by atoms with Crippen LogP contribution >= 0.6 is 0 Å². The number of nitrogens with one attached hydrogen (secondary N) is 1. The average molecular weight is 563 g/mol.